The highest BCUT2D eigenvalue weighted by Crippen LogP contribution is 2.39. The van der Waals surface area contributed by atoms with Crippen molar-refractivity contribution >= 4 is 33.9 Å². The average Bonchev–Trinajstić information content (AvgIpc) is 3.38. The highest BCUT2D eigenvalue weighted by Gasteiger charge is 2.40. The maximum atomic E-state index is 13.7. The van der Waals surface area contributed by atoms with Crippen molar-refractivity contribution in [2.75, 3.05) is 41.3 Å². The number of rotatable bonds is 5. The van der Waals surface area contributed by atoms with Gasteiger partial charge >= 0.3 is 6.18 Å². The van der Waals surface area contributed by atoms with Gasteiger partial charge in [0, 0.05) is 26.2 Å². The molecule has 4 heterocycles. The maximum Gasteiger partial charge on any atom is 0.435 e. The second-order valence-corrected chi connectivity index (χ2v) is 10.4. The van der Waals surface area contributed by atoms with Crippen LogP contribution >= 0.6 is 11.3 Å². The molecule has 2 aliphatic rings. The summed E-state index contributed by atoms with van der Waals surface area (Å²) in [5, 5.41) is 13.8. The van der Waals surface area contributed by atoms with Crippen molar-refractivity contribution < 1.29 is 23.1 Å². The number of halogens is 3. The van der Waals surface area contributed by atoms with E-state index in [1.54, 1.807) is 12.1 Å². The maximum absolute atomic E-state index is 13.7. The minimum atomic E-state index is -4.73. The van der Waals surface area contributed by atoms with Gasteiger partial charge in [0.1, 0.15) is 10.7 Å². The zero-order valence-electron chi connectivity index (χ0n) is 20.2. The first-order valence-corrected chi connectivity index (χ1v) is 13.2. The van der Waals surface area contributed by atoms with Gasteiger partial charge in [0.25, 0.3) is 5.91 Å². The first-order valence-electron chi connectivity index (χ1n) is 12.4. The van der Waals surface area contributed by atoms with Crippen molar-refractivity contribution in [2.24, 2.45) is 0 Å². The molecule has 0 bridgehead atoms. The van der Waals surface area contributed by atoms with E-state index in [-0.39, 0.29) is 5.13 Å². The Labute approximate surface area is 217 Å². The SMILES string of the molecule is O=C(Nc1ccc(N2CCC(O)(c3ccccc3)CC2)nc1)c1sc(N2CCCCC2)nc1C(F)(F)F. The third kappa shape index (κ3) is 5.57. The fourth-order valence-electron chi connectivity index (χ4n) is 4.85. The van der Waals surface area contributed by atoms with Gasteiger partial charge in [-0.3, -0.25) is 4.79 Å². The van der Waals surface area contributed by atoms with Crippen molar-refractivity contribution in [1.29, 1.82) is 0 Å². The van der Waals surface area contributed by atoms with E-state index < -0.39 is 28.3 Å². The van der Waals surface area contributed by atoms with Gasteiger partial charge in [-0.25, -0.2) is 9.97 Å². The van der Waals surface area contributed by atoms with E-state index in [2.05, 4.69) is 15.3 Å². The van der Waals surface area contributed by atoms with Crippen LogP contribution in [0.1, 0.15) is 53.0 Å². The summed E-state index contributed by atoms with van der Waals surface area (Å²) in [6.07, 6.45) is 0.617. The van der Waals surface area contributed by atoms with Crippen LogP contribution in [0.4, 0.5) is 29.8 Å². The second-order valence-electron chi connectivity index (χ2n) is 9.46. The quantitative estimate of drug-likeness (QED) is 0.466. The average molecular weight is 532 g/mol. The molecule has 1 amide bonds. The Morgan fingerprint density at radius 2 is 1.68 bits per heavy atom. The smallest absolute Gasteiger partial charge is 0.385 e. The zero-order valence-corrected chi connectivity index (χ0v) is 21.0. The molecule has 2 fully saturated rings. The lowest BCUT2D eigenvalue weighted by Crippen LogP contribution is -2.42. The van der Waals surface area contributed by atoms with Gasteiger partial charge in [-0.05, 0) is 49.8 Å². The molecule has 7 nitrogen and oxygen atoms in total. The normalized spacial score (nSPS) is 18.1. The first-order chi connectivity index (χ1) is 17.7. The molecule has 0 unspecified atom stereocenters. The molecule has 1 aromatic carbocycles. The van der Waals surface area contributed by atoms with Gasteiger partial charge in [-0.15, -0.1) is 0 Å². The van der Waals surface area contributed by atoms with Crippen molar-refractivity contribution in [1.82, 2.24) is 9.97 Å². The van der Waals surface area contributed by atoms with Crippen LogP contribution in [-0.2, 0) is 11.8 Å². The Morgan fingerprint density at radius 3 is 2.30 bits per heavy atom. The van der Waals surface area contributed by atoms with Gasteiger partial charge in [0.2, 0.25) is 0 Å². The van der Waals surface area contributed by atoms with Gasteiger partial charge in [-0.1, -0.05) is 41.7 Å². The number of hydrogen-bond acceptors (Lipinski definition) is 7. The number of pyridine rings is 1. The Bertz CT molecular complexity index is 1220. The number of nitrogens with zero attached hydrogens (tertiary/aromatic N) is 4. The number of thiazole rings is 1. The van der Waals surface area contributed by atoms with Gasteiger partial charge in [0.05, 0.1) is 17.5 Å². The van der Waals surface area contributed by atoms with Crippen LogP contribution in [0, 0.1) is 0 Å². The topological polar surface area (TPSA) is 81.6 Å². The Kier molecular flexibility index (Phi) is 7.09. The molecular weight excluding hydrogens is 503 g/mol. The van der Waals surface area contributed by atoms with Gasteiger partial charge < -0.3 is 20.2 Å². The number of piperidine rings is 2. The Hall–Kier alpha value is -3.18. The number of benzene rings is 1. The molecule has 37 heavy (non-hydrogen) atoms. The summed E-state index contributed by atoms with van der Waals surface area (Å²) in [6, 6.07) is 12.9. The van der Waals surface area contributed by atoms with Crippen molar-refractivity contribution in [3.63, 3.8) is 0 Å². The van der Waals surface area contributed by atoms with E-state index in [1.807, 2.05) is 40.1 Å². The summed E-state index contributed by atoms with van der Waals surface area (Å²) in [7, 11) is 0. The third-order valence-corrected chi connectivity index (χ3v) is 8.06. The molecule has 2 saturated heterocycles. The molecule has 0 atom stereocenters. The molecule has 5 rings (SSSR count). The van der Waals surface area contributed by atoms with Crippen molar-refractivity contribution in [3.8, 4) is 0 Å². The number of aromatic nitrogens is 2. The number of amides is 1. The van der Waals surface area contributed by atoms with Crippen LogP contribution in [0.25, 0.3) is 0 Å². The molecule has 2 N–H and O–H groups in total. The lowest BCUT2D eigenvalue weighted by Gasteiger charge is -2.39. The minimum absolute atomic E-state index is 0.228. The Balaban J connectivity index is 1.25. The van der Waals surface area contributed by atoms with Crippen LogP contribution in [0.2, 0.25) is 0 Å². The number of aliphatic hydroxyl groups is 1. The van der Waals surface area contributed by atoms with E-state index in [1.165, 1.54) is 6.20 Å². The van der Waals surface area contributed by atoms with Crippen molar-refractivity contribution in [2.45, 2.75) is 43.9 Å². The number of hydrogen-bond donors (Lipinski definition) is 2. The van der Waals surface area contributed by atoms with E-state index in [4.69, 9.17) is 0 Å². The van der Waals surface area contributed by atoms with E-state index >= 15 is 0 Å². The van der Waals surface area contributed by atoms with Crippen LogP contribution in [0.5, 0.6) is 0 Å². The van der Waals surface area contributed by atoms with E-state index in [0.29, 0.717) is 50.5 Å². The predicted molar refractivity (Wildman–Crippen MR) is 137 cm³/mol. The largest absolute Gasteiger partial charge is 0.435 e. The van der Waals surface area contributed by atoms with Gasteiger partial charge in [-0.2, -0.15) is 13.2 Å². The lowest BCUT2D eigenvalue weighted by molar-refractivity contribution is -0.141. The highest BCUT2D eigenvalue weighted by molar-refractivity contribution is 7.17. The van der Waals surface area contributed by atoms with Crippen LogP contribution < -0.4 is 15.1 Å². The standard InChI is InChI=1S/C26H28F3N5O2S/c27-26(28,29)22-21(37-24(32-22)34-13-5-2-6-14-34)23(35)31-19-9-10-20(30-17-19)33-15-11-25(36,12-16-33)18-7-3-1-4-8-18/h1,3-4,7-10,17,36H,2,5-6,11-16H2,(H,31,35). The molecule has 0 aliphatic carbocycles. The number of nitrogens with one attached hydrogen (secondary N) is 1. The number of alkyl halides is 3. The molecule has 2 aliphatic heterocycles. The summed E-state index contributed by atoms with van der Waals surface area (Å²) in [6.45, 7) is 2.46. The summed E-state index contributed by atoms with van der Waals surface area (Å²) in [5.74, 6) is -0.178. The summed E-state index contributed by atoms with van der Waals surface area (Å²) >= 11 is 0.774. The molecule has 196 valence electrons. The first kappa shape index (κ1) is 25.5. The van der Waals surface area contributed by atoms with Gasteiger partial charge in [0.15, 0.2) is 10.8 Å². The second kappa shape index (κ2) is 10.3. The van der Waals surface area contributed by atoms with E-state index in [9.17, 15) is 23.1 Å². The fourth-order valence-corrected chi connectivity index (χ4v) is 5.89. The summed E-state index contributed by atoms with van der Waals surface area (Å²) < 4.78 is 41.0. The minimum Gasteiger partial charge on any atom is -0.385 e. The van der Waals surface area contributed by atoms with Crippen molar-refractivity contribution in [3.05, 3.63) is 64.8 Å². The van der Waals surface area contributed by atoms with Crippen LogP contribution in [-0.4, -0.2) is 47.2 Å². The molecule has 11 heteroatoms. The summed E-state index contributed by atoms with van der Waals surface area (Å²) in [4.78, 5) is 24.4. The molecule has 0 spiro atoms. The zero-order chi connectivity index (χ0) is 26.0. The number of carbonyl (C=O) groups excluding carboxylic acids is 1. The fraction of sp³-hybridized carbons (Fsp3) is 0.423. The molecule has 0 saturated carbocycles. The van der Waals surface area contributed by atoms with E-state index in [0.717, 1.165) is 36.2 Å². The summed E-state index contributed by atoms with van der Waals surface area (Å²) in [5.41, 5.74) is -0.846. The monoisotopic (exact) mass is 531 g/mol. The molecular formula is C26H28F3N5O2S. The predicted octanol–water partition coefficient (Wildman–Crippen LogP) is 5.29. The van der Waals surface area contributed by atoms with Crippen LogP contribution in [0.15, 0.2) is 48.7 Å². The highest BCUT2D eigenvalue weighted by atomic mass is 32.1. The lowest BCUT2D eigenvalue weighted by atomic mass is 9.84. The third-order valence-electron chi connectivity index (χ3n) is 6.95. The molecule has 0 radical (unpaired) electrons. The Morgan fingerprint density at radius 1 is 0.973 bits per heavy atom. The number of anilines is 3. The molecule has 2 aromatic heterocycles. The molecule has 3 aromatic rings. The van der Waals surface area contributed by atoms with Crippen LogP contribution in [0.3, 0.4) is 0 Å². The number of carbonyl (C=O) groups is 1.